The number of nitrogens with zero attached hydrogens (tertiary/aromatic N) is 2. The first-order valence-electron chi connectivity index (χ1n) is 7.56. The Bertz CT molecular complexity index is 996. The molecule has 1 aromatic carbocycles. The van der Waals surface area contributed by atoms with Crippen molar-refractivity contribution in [3.63, 3.8) is 0 Å². The molecule has 0 spiro atoms. The van der Waals surface area contributed by atoms with Crippen LogP contribution in [0.2, 0.25) is 5.02 Å². The first kappa shape index (κ1) is 17.4. The van der Waals surface area contributed by atoms with Crippen molar-refractivity contribution in [2.75, 3.05) is 12.4 Å². The summed E-state index contributed by atoms with van der Waals surface area (Å²) in [6.07, 6.45) is 1.61. The van der Waals surface area contributed by atoms with Crippen LogP contribution in [0.25, 0.3) is 10.2 Å². The Kier molecular flexibility index (Phi) is 5.06. The van der Waals surface area contributed by atoms with E-state index < -0.39 is 0 Å². The van der Waals surface area contributed by atoms with Crippen LogP contribution in [0, 0.1) is 6.92 Å². The number of carbonyl (C=O) groups is 1. The fourth-order valence-electron chi connectivity index (χ4n) is 2.42. The van der Waals surface area contributed by atoms with Gasteiger partial charge in [0.05, 0.1) is 24.5 Å². The fourth-order valence-corrected chi connectivity index (χ4v) is 3.29. The van der Waals surface area contributed by atoms with Crippen molar-refractivity contribution in [3.8, 4) is 5.75 Å². The van der Waals surface area contributed by atoms with Crippen molar-refractivity contribution in [1.29, 1.82) is 0 Å². The normalized spacial score (nSPS) is 10.8. The van der Waals surface area contributed by atoms with Crippen molar-refractivity contribution in [1.82, 2.24) is 9.55 Å². The molecule has 0 fully saturated rings. The predicted molar refractivity (Wildman–Crippen MR) is 99.9 cm³/mol. The number of aryl methyl sites for hydroxylation is 2. The van der Waals surface area contributed by atoms with Crippen molar-refractivity contribution >= 4 is 44.7 Å². The van der Waals surface area contributed by atoms with Gasteiger partial charge in [0.2, 0.25) is 5.91 Å². The van der Waals surface area contributed by atoms with Gasteiger partial charge < -0.3 is 10.1 Å². The van der Waals surface area contributed by atoms with Gasteiger partial charge in [0.1, 0.15) is 10.6 Å². The van der Waals surface area contributed by atoms with Crippen LogP contribution in [-0.4, -0.2) is 22.6 Å². The number of ether oxygens (including phenoxy) is 1. The van der Waals surface area contributed by atoms with Gasteiger partial charge in [0.25, 0.3) is 5.56 Å². The zero-order valence-electron chi connectivity index (χ0n) is 13.7. The third kappa shape index (κ3) is 3.67. The van der Waals surface area contributed by atoms with Crippen LogP contribution >= 0.6 is 22.9 Å². The number of methoxy groups -OCH3 is 1. The lowest BCUT2D eigenvalue weighted by atomic mass is 10.2. The van der Waals surface area contributed by atoms with Crippen LogP contribution in [0.4, 0.5) is 5.69 Å². The lowest BCUT2D eigenvalue weighted by Gasteiger charge is -2.12. The number of rotatable bonds is 5. The molecule has 3 aromatic rings. The van der Waals surface area contributed by atoms with Crippen molar-refractivity contribution in [2.24, 2.45) is 0 Å². The summed E-state index contributed by atoms with van der Waals surface area (Å²) >= 11 is 7.48. The topological polar surface area (TPSA) is 73.2 Å². The van der Waals surface area contributed by atoms with E-state index in [9.17, 15) is 9.59 Å². The molecule has 1 N–H and O–H groups in total. The second kappa shape index (κ2) is 7.25. The summed E-state index contributed by atoms with van der Waals surface area (Å²) < 4.78 is 6.68. The van der Waals surface area contributed by atoms with E-state index in [1.165, 1.54) is 29.3 Å². The predicted octanol–water partition coefficient (Wildman–Crippen LogP) is 3.46. The second-order valence-corrected chi connectivity index (χ2v) is 6.78. The Morgan fingerprint density at radius 1 is 1.44 bits per heavy atom. The highest BCUT2D eigenvalue weighted by molar-refractivity contribution is 7.16. The van der Waals surface area contributed by atoms with Crippen molar-refractivity contribution in [2.45, 2.75) is 19.9 Å². The van der Waals surface area contributed by atoms with E-state index in [2.05, 4.69) is 10.3 Å². The molecule has 2 aromatic heterocycles. The zero-order valence-corrected chi connectivity index (χ0v) is 15.3. The van der Waals surface area contributed by atoms with E-state index >= 15 is 0 Å². The standard InChI is InChI=1S/C17H16ClN3O3S/c1-10-7-13(14(24-2)8-12(10)18)20-15(22)3-5-21-9-19-16-11(17(21)23)4-6-25-16/h4,6-9H,3,5H2,1-2H3,(H,20,22). The SMILES string of the molecule is COc1cc(Cl)c(C)cc1NC(=O)CCn1cnc2sccc2c1=O. The molecule has 2 heterocycles. The maximum absolute atomic E-state index is 12.3. The summed E-state index contributed by atoms with van der Waals surface area (Å²) in [4.78, 5) is 29.5. The smallest absolute Gasteiger partial charge is 0.262 e. The number of anilines is 1. The van der Waals surface area contributed by atoms with Gasteiger partial charge in [-0.3, -0.25) is 14.2 Å². The van der Waals surface area contributed by atoms with Crippen molar-refractivity contribution in [3.05, 3.63) is 50.8 Å². The van der Waals surface area contributed by atoms with Gasteiger partial charge in [-0.1, -0.05) is 11.6 Å². The number of amides is 1. The summed E-state index contributed by atoms with van der Waals surface area (Å²) in [5.74, 6) is 0.264. The lowest BCUT2D eigenvalue weighted by Crippen LogP contribution is -2.23. The second-order valence-electron chi connectivity index (χ2n) is 5.48. The third-order valence-electron chi connectivity index (χ3n) is 3.79. The molecular formula is C17H16ClN3O3S. The minimum Gasteiger partial charge on any atom is -0.495 e. The average molecular weight is 378 g/mol. The molecule has 0 bridgehead atoms. The molecule has 3 rings (SSSR count). The highest BCUT2D eigenvalue weighted by atomic mass is 35.5. The highest BCUT2D eigenvalue weighted by Crippen LogP contribution is 2.31. The molecule has 0 aliphatic rings. The molecule has 0 radical (unpaired) electrons. The zero-order chi connectivity index (χ0) is 18.0. The number of hydrogen-bond acceptors (Lipinski definition) is 5. The van der Waals surface area contributed by atoms with Crippen LogP contribution < -0.4 is 15.6 Å². The minimum atomic E-state index is -0.225. The third-order valence-corrected chi connectivity index (χ3v) is 5.01. The lowest BCUT2D eigenvalue weighted by molar-refractivity contribution is -0.116. The van der Waals surface area contributed by atoms with Gasteiger partial charge in [-0.15, -0.1) is 11.3 Å². The minimum absolute atomic E-state index is 0.140. The van der Waals surface area contributed by atoms with Gasteiger partial charge in [0, 0.05) is 24.1 Å². The molecule has 6 nitrogen and oxygen atoms in total. The van der Waals surface area contributed by atoms with E-state index in [1.54, 1.807) is 18.2 Å². The maximum atomic E-state index is 12.3. The van der Waals surface area contributed by atoms with Crippen LogP contribution in [0.15, 0.2) is 34.7 Å². The Morgan fingerprint density at radius 3 is 3.00 bits per heavy atom. The Balaban J connectivity index is 1.71. The van der Waals surface area contributed by atoms with Gasteiger partial charge in [-0.05, 0) is 30.0 Å². The number of thiophene rings is 1. The number of nitrogens with one attached hydrogen (secondary N) is 1. The highest BCUT2D eigenvalue weighted by Gasteiger charge is 2.11. The quantitative estimate of drug-likeness (QED) is 0.739. The molecule has 25 heavy (non-hydrogen) atoms. The number of halogens is 1. The van der Waals surface area contributed by atoms with E-state index in [1.807, 2.05) is 12.3 Å². The van der Waals surface area contributed by atoms with E-state index in [0.29, 0.717) is 26.7 Å². The van der Waals surface area contributed by atoms with Gasteiger partial charge in [-0.2, -0.15) is 0 Å². The summed E-state index contributed by atoms with van der Waals surface area (Å²) in [6, 6.07) is 5.16. The number of aromatic nitrogens is 2. The van der Waals surface area contributed by atoms with Gasteiger partial charge in [0.15, 0.2) is 0 Å². The van der Waals surface area contributed by atoms with Crippen LogP contribution in [0.3, 0.4) is 0 Å². The molecule has 0 unspecified atom stereocenters. The molecule has 0 aliphatic carbocycles. The van der Waals surface area contributed by atoms with E-state index in [4.69, 9.17) is 16.3 Å². The summed E-state index contributed by atoms with van der Waals surface area (Å²) in [5.41, 5.74) is 1.24. The van der Waals surface area contributed by atoms with Crippen LogP contribution in [-0.2, 0) is 11.3 Å². The molecule has 130 valence electrons. The monoisotopic (exact) mass is 377 g/mol. The van der Waals surface area contributed by atoms with E-state index in [0.717, 1.165) is 5.56 Å². The Hall–Kier alpha value is -2.38. The first-order chi connectivity index (χ1) is 12.0. The maximum Gasteiger partial charge on any atom is 0.262 e. The van der Waals surface area contributed by atoms with Gasteiger partial charge in [-0.25, -0.2) is 4.98 Å². The average Bonchev–Trinajstić information content (AvgIpc) is 3.07. The molecule has 1 amide bonds. The molecule has 0 atom stereocenters. The summed E-state index contributed by atoms with van der Waals surface area (Å²) in [6.45, 7) is 2.09. The Labute approximate surface area is 153 Å². The summed E-state index contributed by atoms with van der Waals surface area (Å²) in [5, 5.41) is 5.76. The molecule has 0 saturated heterocycles. The molecule has 0 saturated carbocycles. The first-order valence-corrected chi connectivity index (χ1v) is 8.82. The number of hydrogen-bond donors (Lipinski definition) is 1. The number of benzene rings is 1. The molecule has 0 aliphatic heterocycles. The molecular weight excluding hydrogens is 362 g/mol. The number of carbonyl (C=O) groups excluding carboxylic acids is 1. The van der Waals surface area contributed by atoms with Crippen molar-refractivity contribution < 1.29 is 9.53 Å². The largest absolute Gasteiger partial charge is 0.495 e. The fraction of sp³-hybridized carbons (Fsp3) is 0.235. The number of fused-ring (bicyclic) bond motifs is 1. The molecule has 8 heteroatoms. The van der Waals surface area contributed by atoms with E-state index in [-0.39, 0.29) is 24.4 Å². The Morgan fingerprint density at radius 2 is 2.24 bits per heavy atom. The van der Waals surface area contributed by atoms with Gasteiger partial charge >= 0.3 is 0 Å². The van der Waals surface area contributed by atoms with Crippen LogP contribution in [0.1, 0.15) is 12.0 Å². The summed E-state index contributed by atoms with van der Waals surface area (Å²) in [7, 11) is 1.51. The van der Waals surface area contributed by atoms with Crippen LogP contribution in [0.5, 0.6) is 5.75 Å².